The summed E-state index contributed by atoms with van der Waals surface area (Å²) in [6.07, 6.45) is 1.53. The number of nitrogens with one attached hydrogen (secondary N) is 1. The molecule has 1 atom stereocenters. The molecule has 1 heterocycles. The SMILES string of the molecule is CNC(c1ncccc1Cl)c1c(F)ccc(Br)c1F. The monoisotopic (exact) mass is 346 g/mol. The van der Waals surface area contributed by atoms with Crippen molar-refractivity contribution in [3.05, 3.63) is 62.8 Å². The van der Waals surface area contributed by atoms with E-state index in [0.29, 0.717) is 10.7 Å². The number of aromatic nitrogens is 1. The molecule has 1 aromatic carbocycles. The highest BCUT2D eigenvalue weighted by Crippen LogP contribution is 2.32. The van der Waals surface area contributed by atoms with Crippen LogP contribution in [0.15, 0.2) is 34.9 Å². The third-order valence-electron chi connectivity index (χ3n) is 2.72. The number of rotatable bonds is 3. The third kappa shape index (κ3) is 2.78. The molecular weight excluding hydrogens is 338 g/mol. The summed E-state index contributed by atoms with van der Waals surface area (Å²) in [5, 5.41) is 3.18. The second kappa shape index (κ2) is 5.94. The quantitative estimate of drug-likeness (QED) is 0.846. The summed E-state index contributed by atoms with van der Waals surface area (Å²) in [5.41, 5.74) is 0.264. The first-order valence-corrected chi connectivity index (χ1v) is 6.64. The highest BCUT2D eigenvalue weighted by Gasteiger charge is 2.24. The van der Waals surface area contributed by atoms with Crippen molar-refractivity contribution in [1.82, 2.24) is 10.3 Å². The summed E-state index contributed by atoms with van der Waals surface area (Å²) >= 11 is 9.08. The largest absolute Gasteiger partial charge is 0.308 e. The molecule has 0 aliphatic rings. The Bertz CT molecular complexity index is 607. The van der Waals surface area contributed by atoms with Gasteiger partial charge in [0.1, 0.15) is 11.6 Å². The predicted molar refractivity (Wildman–Crippen MR) is 74.2 cm³/mol. The first kappa shape index (κ1) is 14.4. The number of halogens is 4. The first-order valence-electron chi connectivity index (χ1n) is 5.47. The van der Waals surface area contributed by atoms with E-state index in [-0.39, 0.29) is 10.0 Å². The predicted octanol–water partition coefficient (Wildman–Crippen LogP) is 4.08. The average molecular weight is 348 g/mol. The van der Waals surface area contributed by atoms with Gasteiger partial charge in [0.2, 0.25) is 0 Å². The van der Waals surface area contributed by atoms with Crippen molar-refractivity contribution >= 4 is 27.5 Å². The van der Waals surface area contributed by atoms with Gasteiger partial charge in [-0.05, 0) is 47.2 Å². The summed E-state index contributed by atoms with van der Waals surface area (Å²) in [7, 11) is 1.59. The molecule has 0 fully saturated rings. The van der Waals surface area contributed by atoms with Gasteiger partial charge in [-0.25, -0.2) is 8.78 Å². The first-order chi connectivity index (χ1) is 9.06. The van der Waals surface area contributed by atoms with E-state index in [9.17, 15) is 8.78 Å². The molecule has 1 unspecified atom stereocenters. The van der Waals surface area contributed by atoms with Gasteiger partial charge in [0, 0.05) is 11.8 Å². The van der Waals surface area contributed by atoms with E-state index in [2.05, 4.69) is 26.2 Å². The molecule has 0 aliphatic carbocycles. The molecule has 0 amide bonds. The highest BCUT2D eigenvalue weighted by atomic mass is 79.9. The molecule has 2 aromatic rings. The van der Waals surface area contributed by atoms with Crippen LogP contribution in [0.2, 0.25) is 5.02 Å². The minimum atomic E-state index is -0.758. The van der Waals surface area contributed by atoms with Gasteiger partial charge in [0.25, 0.3) is 0 Å². The Kier molecular flexibility index (Phi) is 4.50. The molecule has 6 heteroatoms. The molecule has 1 aromatic heterocycles. The van der Waals surface area contributed by atoms with Gasteiger partial charge in [-0.3, -0.25) is 4.98 Å². The lowest BCUT2D eigenvalue weighted by Gasteiger charge is -2.19. The molecule has 2 nitrogen and oxygen atoms in total. The zero-order chi connectivity index (χ0) is 14.0. The van der Waals surface area contributed by atoms with Crippen molar-refractivity contribution < 1.29 is 8.78 Å². The van der Waals surface area contributed by atoms with E-state index < -0.39 is 17.7 Å². The van der Waals surface area contributed by atoms with Gasteiger partial charge < -0.3 is 5.32 Å². The van der Waals surface area contributed by atoms with Gasteiger partial charge in [-0.1, -0.05) is 11.6 Å². The number of hydrogen-bond donors (Lipinski definition) is 1. The van der Waals surface area contributed by atoms with E-state index >= 15 is 0 Å². The van der Waals surface area contributed by atoms with Crippen molar-refractivity contribution in [3.8, 4) is 0 Å². The Morgan fingerprint density at radius 1 is 1.32 bits per heavy atom. The zero-order valence-corrected chi connectivity index (χ0v) is 12.3. The van der Waals surface area contributed by atoms with Gasteiger partial charge in [-0.2, -0.15) is 0 Å². The zero-order valence-electron chi connectivity index (χ0n) is 9.92. The van der Waals surface area contributed by atoms with Crippen LogP contribution in [0, 0.1) is 11.6 Å². The number of nitrogens with zero attached hydrogens (tertiary/aromatic N) is 1. The van der Waals surface area contributed by atoms with Crippen molar-refractivity contribution in [1.29, 1.82) is 0 Å². The Labute approximate surface area is 122 Å². The molecule has 100 valence electrons. The van der Waals surface area contributed by atoms with Crippen LogP contribution in [-0.4, -0.2) is 12.0 Å². The van der Waals surface area contributed by atoms with E-state index in [1.165, 1.54) is 18.3 Å². The van der Waals surface area contributed by atoms with Crippen LogP contribution in [0.25, 0.3) is 0 Å². The van der Waals surface area contributed by atoms with Gasteiger partial charge in [0.15, 0.2) is 0 Å². The molecule has 0 saturated heterocycles. The number of pyridine rings is 1. The Morgan fingerprint density at radius 3 is 2.68 bits per heavy atom. The fraction of sp³-hybridized carbons (Fsp3) is 0.154. The minimum absolute atomic E-state index is 0.113. The van der Waals surface area contributed by atoms with E-state index in [0.717, 1.165) is 0 Å². The number of benzene rings is 1. The molecule has 1 N–H and O–H groups in total. The van der Waals surface area contributed by atoms with Gasteiger partial charge >= 0.3 is 0 Å². The Morgan fingerprint density at radius 2 is 2.05 bits per heavy atom. The van der Waals surface area contributed by atoms with Crippen molar-refractivity contribution in [2.45, 2.75) is 6.04 Å². The molecule has 19 heavy (non-hydrogen) atoms. The highest BCUT2D eigenvalue weighted by molar-refractivity contribution is 9.10. The van der Waals surface area contributed by atoms with Gasteiger partial charge in [0.05, 0.1) is 21.2 Å². The fourth-order valence-electron chi connectivity index (χ4n) is 1.84. The van der Waals surface area contributed by atoms with Crippen LogP contribution in [0.1, 0.15) is 17.3 Å². The summed E-state index contributed by atoms with van der Waals surface area (Å²) in [4.78, 5) is 4.09. The van der Waals surface area contributed by atoms with Crippen LogP contribution in [0.5, 0.6) is 0 Å². The fourth-order valence-corrected chi connectivity index (χ4v) is 2.41. The molecule has 2 rings (SSSR count). The average Bonchev–Trinajstić information content (AvgIpc) is 2.40. The molecule has 0 bridgehead atoms. The van der Waals surface area contributed by atoms with Crippen LogP contribution in [-0.2, 0) is 0 Å². The lowest BCUT2D eigenvalue weighted by molar-refractivity contribution is 0.514. The van der Waals surface area contributed by atoms with Crippen LogP contribution in [0.3, 0.4) is 0 Å². The third-order valence-corrected chi connectivity index (χ3v) is 3.65. The molecular formula is C13H10BrClF2N2. The maximum Gasteiger partial charge on any atom is 0.145 e. The summed E-state index contributed by atoms with van der Waals surface area (Å²) in [6, 6.07) is 5.05. The summed E-state index contributed by atoms with van der Waals surface area (Å²) in [5.74, 6) is -1.32. The van der Waals surface area contributed by atoms with Crippen LogP contribution < -0.4 is 5.32 Å². The van der Waals surface area contributed by atoms with Crippen LogP contribution in [0.4, 0.5) is 8.78 Å². The van der Waals surface area contributed by atoms with E-state index in [4.69, 9.17) is 11.6 Å². The normalized spacial score (nSPS) is 12.5. The second-order valence-electron chi connectivity index (χ2n) is 3.85. The lowest BCUT2D eigenvalue weighted by atomic mass is 10.0. The molecule has 0 radical (unpaired) electrons. The van der Waals surface area contributed by atoms with E-state index in [1.807, 2.05) is 0 Å². The van der Waals surface area contributed by atoms with Gasteiger partial charge in [-0.15, -0.1) is 0 Å². The summed E-state index contributed by atoms with van der Waals surface area (Å²) < 4.78 is 28.2. The molecule has 0 aliphatic heterocycles. The minimum Gasteiger partial charge on any atom is -0.308 e. The maximum absolute atomic E-state index is 14.1. The Hall–Kier alpha value is -1.04. The van der Waals surface area contributed by atoms with Crippen molar-refractivity contribution in [3.63, 3.8) is 0 Å². The maximum atomic E-state index is 14.1. The van der Waals surface area contributed by atoms with Crippen molar-refractivity contribution in [2.75, 3.05) is 7.05 Å². The lowest BCUT2D eigenvalue weighted by Crippen LogP contribution is -2.22. The smallest absolute Gasteiger partial charge is 0.145 e. The Balaban J connectivity index is 2.61. The van der Waals surface area contributed by atoms with Crippen molar-refractivity contribution in [2.24, 2.45) is 0 Å². The topological polar surface area (TPSA) is 24.9 Å². The van der Waals surface area contributed by atoms with Crippen LogP contribution >= 0.6 is 27.5 Å². The molecule has 0 saturated carbocycles. The van der Waals surface area contributed by atoms with E-state index in [1.54, 1.807) is 19.2 Å². The second-order valence-corrected chi connectivity index (χ2v) is 5.11. The molecule has 0 spiro atoms. The summed E-state index contributed by atoms with van der Waals surface area (Å²) in [6.45, 7) is 0. The standard InChI is InChI=1S/C13H10BrClF2N2/c1-18-13(12-8(15)3-2-6-19-12)10-9(16)5-4-7(14)11(10)17/h2-6,13,18H,1H3. The number of hydrogen-bond acceptors (Lipinski definition) is 2.